The fraction of sp³-hybridized carbons (Fsp3) is 0.316. The molecule has 1 N–H and O–H groups in total. The summed E-state index contributed by atoms with van der Waals surface area (Å²) in [4.78, 5) is 22.9. The van der Waals surface area contributed by atoms with Crippen LogP contribution in [0.3, 0.4) is 0 Å². The molecule has 28 heavy (non-hydrogen) atoms. The van der Waals surface area contributed by atoms with E-state index in [-0.39, 0.29) is 11.6 Å². The van der Waals surface area contributed by atoms with Crippen molar-refractivity contribution >= 4 is 17.3 Å². The van der Waals surface area contributed by atoms with E-state index in [2.05, 4.69) is 34.6 Å². The summed E-state index contributed by atoms with van der Waals surface area (Å²) in [6.07, 6.45) is 2.37. The van der Waals surface area contributed by atoms with Crippen LogP contribution < -0.4 is 5.32 Å². The number of carbonyl (C=O) groups excluding carboxylic acids is 1. The normalized spacial score (nSPS) is 12.0. The van der Waals surface area contributed by atoms with Crippen LogP contribution in [0, 0.1) is 30.9 Å². The number of nitro groups is 1. The molecule has 0 bridgehead atoms. The molecule has 0 spiro atoms. The summed E-state index contributed by atoms with van der Waals surface area (Å²) in [6, 6.07) is 7.38. The second-order valence-electron chi connectivity index (χ2n) is 6.73. The molecule has 0 aliphatic rings. The van der Waals surface area contributed by atoms with Gasteiger partial charge in [-0.25, -0.2) is 0 Å². The summed E-state index contributed by atoms with van der Waals surface area (Å²) in [5, 5.41) is 22.1. The van der Waals surface area contributed by atoms with Crippen LogP contribution >= 0.6 is 0 Å². The van der Waals surface area contributed by atoms with E-state index < -0.39 is 11.0 Å². The van der Waals surface area contributed by atoms with Crippen molar-refractivity contribution in [3.05, 3.63) is 69.3 Å². The van der Waals surface area contributed by atoms with E-state index in [0.29, 0.717) is 17.9 Å². The Balaban J connectivity index is 1.78. The second-order valence-corrected chi connectivity index (χ2v) is 6.73. The van der Waals surface area contributed by atoms with Crippen LogP contribution in [0.15, 0.2) is 36.7 Å². The number of benzene rings is 1. The Hall–Kier alpha value is -3.49. The van der Waals surface area contributed by atoms with Crippen molar-refractivity contribution in [3.63, 3.8) is 0 Å². The lowest BCUT2D eigenvalue weighted by atomic mass is 10.1. The van der Waals surface area contributed by atoms with Crippen LogP contribution in [0.2, 0.25) is 0 Å². The number of nitrogens with zero attached hydrogens (tertiary/aromatic N) is 5. The molecule has 9 heteroatoms. The van der Waals surface area contributed by atoms with E-state index in [1.807, 2.05) is 30.7 Å². The van der Waals surface area contributed by atoms with E-state index in [1.165, 1.54) is 16.4 Å². The van der Waals surface area contributed by atoms with E-state index in [0.717, 1.165) is 17.5 Å². The third-order valence-corrected chi connectivity index (χ3v) is 4.79. The Bertz CT molecular complexity index is 1040. The zero-order valence-electron chi connectivity index (χ0n) is 16.2. The fourth-order valence-electron chi connectivity index (χ4n) is 2.96. The lowest BCUT2D eigenvalue weighted by molar-refractivity contribution is -0.385. The number of hydrogen-bond donors (Lipinski definition) is 1. The molecule has 0 saturated heterocycles. The van der Waals surface area contributed by atoms with Gasteiger partial charge in [0.25, 0.3) is 0 Å². The van der Waals surface area contributed by atoms with E-state index in [4.69, 9.17) is 0 Å². The molecule has 1 aromatic carbocycles. The lowest BCUT2D eigenvalue weighted by Crippen LogP contribution is -2.24. The van der Waals surface area contributed by atoms with Gasteiger partial charge in [-0.05, 0) is 38.8 Å². The highest BCUT2D eigenvalue weighted by Crippen LogP contribution is 2.23. The first-order valence-electron chi connectivity index (χ1n) is 8.86. The van der Waals surface area contributed by atoms with Gasteiger partial charge < -0.3 is 5.32 Å². The van der Waals surface area contributed by atoms with Crippen LogP contribution in [-0.2, 0) is 11.3 Å². The molecule has 3 rings (SSSR count). The smallest absolute Gasteiger partial charge is 0.307 e. The first-order valence-corrected chi connectivity index (χ1v) is 8.86. The van der Waals surface area contributed by atoms with Crippen molar-refractivity contribution in [2.75, 3.05) is 5.32 Å². The molecule has 1 unspecified atom stereocenters. The average molecular weight is 382 g/mol. The van der Waals surface area contributed by atoms with Crippen LogP contribution in [-0.4, -0.2) is 30.4 Å². The summed E-state index contributed by atoms with van der Waals surface area (Å²) in [5.74, 6) is -0.320. The predicted molar refractivity (Wildman–Crippen MR) is 104 cm³/mol. The first-order chi connectivity index (χ1) is 13.3. The van der Waals surface area contributed by atoms with E-state index in [9.17, 15) is 14.9 Å². The summed E-state index contributed by atoms with van der Waals surface area (Å²) in [7, 11) is 0. The van der Waals surface area contributed by atoms with Crippen molar-refractivity contribution in [1.29, 1.82) is 0 Å². The van der Waals surface area contributed by atoms with Crippen molar-refractivity contribution in [3.8, 4) is 0 Å². The van der Waals surface area contributed by atoms with Crippen LogP contribution in [0.5, 0.6) is 0 Å². The largest absolute Gasteiger partial charge is 0.321 e. The molecule has 3 aromatic rings. The minimum atomic E-state index is -0.702. The molecule has 0 saturated carbocycles. The third kappa shape index (κ3) is 3.78. The number of rotatable bonds is 6. The monoisotopic (exact) mass is 382 g/mol. The van der Waals surface area contributed by atoms with Crippen molar-refractivity contribution in [2.24, 2.45) is 0 Å². The van der Waals surface area contributed by atoms with Gasteiger partial charge in [0.2, 0.25) is 5.91 Å². The first kappa shape index (κ1) is 19.3. The van der Waals surface area contributed by atoms with Crippen molar-refractivity contribution in [2.45, 2.75) is 40.3 Å². The fourth-order valence-corrected chi connectivity index (χ4v) is 2.96. The number of hydrogen-bond acceptors (Lipinski definition) is 5. The molecular formula is C19H22N6O3. The van der Waals surface area contributed by atoms with Crippen molar-refractivity contribution in [1.82, 2.24) is 19.6 Å². The highest BCUT2D eigenvalue weighted by molar-refractivity contribution is 5.94. The Labute approximate surface area is 162 Å². The van der Waals surface area contributed by atoms with Gasteiger partial charge in [-0.15, -0.1) is 0 Å². The van der Waals surface area contributed by atoms with Gasteiger partial charge in [-0.2, -0.15) is 10.2 Å². The zero-order valence-corrected chi connectivity index (χ0v) is 16.2. The Morgan fingerprint density at radius 1 is 1.29 bits per heavy atom. The molecule has 9 nitrogen and oxygen atoms in total. The van der Waals surface area contributed by atoms with Crippen LogP contribution in [0.4, 0.5) is 11.4 Å². The molecule has 2 aromatic heterocycles. The second kappa shape index (κ2) is 7.63. The maximum Gasteiger partial charge on any atom is 0.307 e. The molecule has 0 fully saturated rings. The van der Waals surface area contributed by atoms with Crippen LogP contribution in [0.1, 0.15) is 35.5 Å². The Morgan fingerprint density at radius 3 is 2.64 bits per heavy atom. The number of carbonyl (C=O) groups is 1. The van der Waals surface area contributed by atoms with Gasteiger partial charge in [0.05, 0.1) is 28.5 Å². The van der Waals surface area contributed by atoms with E-state index >= 15 is 0 Å². The summed E-state index contributed by atoms with van der Waals surface area (Å²) >= 11 is 0. The van der Waals surface area contributed by atoms with E-state index in [1.54, 1.807) is 6.92 Å². The summed E-state index contributed by atoms with van der Waals surface area (Å²) < 4.78 is 3.13. The summed E-state index contributed by atoms with van der Waals surface area (Å²) in [6.45, 7) is 8.02. The Morgan fingerprint density at radius 2 is 2.00 bits per heavy atom. The highest BCUT2D eigenvalue weighted by atomic mass is 16.6. The maximum absolute atomic E-state index is 12.6. The summed E-state index contributed by atoms with van der Waals surface area (Å²) in [5.41, 5.74) is 4.37. The van der Waals surface area contributed by atoms with Gasteiger partial charge in [0, 0.05) is 0 Å². The molecule has 0 radical (unpaired) electrons. The maximum atomic E-state index is 12.6. The number of amides is 1. The van der Waals surface area contributed by atoms with Gasteiger partial charge in [-0.3, -0.25) is 24.3 Å². The SMILES string of the molecule is Cc1ccccc1Cn1nc(C)c(NC(=O)C(C)n2cc([N+](=O)[O-])cn2)c1C. The van der Waals surface area contributed by atoms with Gasteiger partial charge in [0.15, 0.2) is 0 Å². The minimum Gasteiger partial charge on any atom is -0.321 e. The van der Waals surface area contributed by atoms with Gasteiger partial charge in [0.1, 0.15) is 18.4 Å². The average Bonchev–Trinajstić information content (AvgIpc) is 3.24. The molecule has 1 atom stereocenters. The number of nitrogens with one attached hydrogen (secondary N) is 1. The molecule has 0 aliphatic heterocycles. The van der Waals surface area contributed by atoms with Crippen molar-refractivity contribution < 1.29 is 9.72 Å². The Kier molecular flexibility index (Phi) is 5.25. The number of aryl methyl sites for hydroxylation is 2. The van der Waals surface area contributed by atoms with Gasteiger partial charge in [-0.1, -0.05) is 24.3 Å². The van der Waals surface area contributed by atoms with Gasteiger partial charge >= 0.3 is 5.69 Å². The third-order valence-electron chi connectivity index (χ3n) is 4.79. The topological polar surface area (TPSA) is 108 Å². The zero-order chi connectivity index (χ0) is 20.4. The predicted octanol–water partition coefficient (Wildman–Crippen LogP) is 3.16. The molecule has 2 heterocycles. The minimum absolute atomic E-state index is 0.155. The number of anilines is 1. The standard InChI is InChI=1S/C19H22N6O3/c1-12-7-5-6-8-16(12)10-24-14(3)18(13(2)22-24)21-19(26)15(4)23-11-17(9-20-23)25(27)28/h5-9,11,15H,10H2,1-4H3,(H,21,26). The molecule has 146 valence electrons. The molecular weight excluding hydrogens is 360 g/mol. The molecule has 0 aliphatic carbocycles. The lowest BCUT2D eigenvalue weighted by Gasteiger charge is -2.13. The highest BCUT2D eigenvalue weighted by Gasteiger charge is 2.22. The molecule has 1 amide bonds. The number of aromatic nitrogens is 4. The quantitative estimate of drug-likeness (QED) is 0.520. The van der Waals surface area contributed by atoms with Crippen LogP contribution in [0.25, 0.3) is 0 Å².